The molecule has 2 amide bonds. The smallest absolute Gasteiger partial charge is 0.264 e. The molecule has 0 bridgehead atoms. The standard InChI is InChI=1S/C36H37BrFN3O4S/c37-29-18-16-28(17-19-29)25-40(34(24-27-10-4-1-5-11-27)36(43)39-31-12-6-2-7-13-31)35(42)26-41(32-22-20-30(38)21-23-32)46(44,45)33-14-8-3-9-15-33/h1,3-5,8-11,14-23,31,34H,2,6-7,12-13,24-26H2,(H,39,43)/t34-/m0/s1. The molecule has 1 atom stereocenters. The van der Waals surface area contributed by atoms with Gasteiger partial charge in [-0.05, 0) is 72.5 Å². The highest BCUT2D eigenvalue weighted by molar-refractivity contribution is 9.10. The average molecular weight is 707 g/mol. The molecule has 1 N–H and O–H groups in total. The predicted octanol–water partition coefficient (Wildman–Crippen LogP) is 6.87. The van der Waals surface area contributed by atoms with E-state index in [9.17, 15) is 22.4 Å². The average Bonchev–Trinajstić information content (AvgIpc) is 3.07. The molecule has 4 aromatic rings. The Hall–Kier alpha value is -4.02. The van der Waals surface area contributed by atoms with Gasteiger partial charge in [0, 0.05) is 23.5 Å². The van der Waals surface area contributed by atoms with Gasteiger partial charge in [0.05, 0.1) is 10.6 Å². The topological polar surface area (TPSA) is 86.8 Å². The minimum Gasteiger partial charge on any atom is -0.352 e. The summed E-state index contributed by atoms with van der Waals surface area (Å²) in [6, 6.07) is 28.8. The Bertz CT molecular complexity index is 1700. The van der Waals surface area contributed by atoms with Crippen LogP contribution < -0.4 is 9.62 Å². The van der Waals surface area contributed by atoms with Crippen molar-refractivity contribution < 1.29 is 22.4 Å². The molecule has 0 aromatic heterocycles. The second-order valence-corrected chi connectivity index (χ2v) is 14.3. The number of hydrogen-bond donors (Lipinski definition) is 1. The van der Waals surface area contributed by atoms with Gasteiger partial charge in [-0.1, -0.05) is 95.9 Å². The quantitative estimate of drug-likeness (QED) is 0.174. The van der Waals surface area contributed by atoms with E-state index >= 15 is 0 Å². The highest BCUT2D eigenvalue weighted by Crippen LogP contribution is 2.26. The summed E-state index contributed by atoms with van der Waals surface area (Å²) in [5.41, 5.74) is 1.78. The van der Waals surface area contributed by atoms with Crippen LogP contribution in [0.3, 0.4) is 0 Å². The van der Waals surface area contributed by atoms with Crippen LogP contribution in [0.15, 0.2) is 119 Å². The summed E-state index contributed by atoms with van der Waals surface area (Å²) in [5.74, 6) is -1.38. The molecule has 240 valence electrons. The van der Waals surface area contributed by atoms with Crippen LogP contribution in [-0.2, 0) is 32.6 Å². The number of carbonyl (C=O) groups excluding carboxylic acids is 2. The van der Waals surface area contributed by atoms with Crippen molar-refractivity contribution in [1.82, 2.24) is 10.2 Å². The van der Waals surface area contributed by atoms with E-state index in [-0.39, 0.29) is 35.5 Å². The monoisotopic (exact) mass is 705 g/mol. The third kappa shape index (κ3) is 8.61. The zero-order chi connectivity index (χ0) is 32.5. The summed E-state index contributed by atoms with van der Waals surface area (Å²) in [4.78, 5) is 30.1. The number of nitrogens with zero attached hydrogens (tertiary/aromatic N) is 2. The van der Waals surface area contributed by atoms with E-state index in [4.69, 9.17) is 0 Å². The van der Waals surface area contributed by atoms with Crippen molar-refractivity contribution in [1.29, 1.82) is 0 Å². The second-order valence-electron chi connectivity index (χ2n) is 11.5. The first-order chi connectivity index (χ1) is 22.2. The number of nitrogens with one attached hydrogen (secondary N) is 1. The molecule has 0 radical (unpaired) electrons. The van der Waals surface area contributed by atoms with E-state index < -0.39 is 34.3 Å². The van der Waals surface area contributed by atoms with Gasteiger partial charge in [-0.25, -0.2) is 12.8 Å². The maximum Gasteiger partial charge on any atom is 0.264 e. The van der Waals surface area contributed by atoms with Gasteiger partial charge in [0.2, 0.25) is 11.8 Å². The third-order valence-electron chi connectivity index (χ3n) is 8.21. The summed E-state index contributed by atoms with van der Waals surface area (Å²) < 4.78 is 43.8. The van der Waals surface area contributed by atoms with Crippen molar-refractivity contribution in [2.24, 2.45) is 0 Å². The minimum atomic E-state index is -4.24. The van der Waals surface area contributed by atoms with Crippen molar-refractivity contribution in [3.8, 4) is 0 Å². The maximum atomic E-state index is 14.5. The van der Waals surface area contributed by atoms with Crippen molar-refractivity contribution >= 4 is 43.5 Å². The van der Waals surface area contributed by atoms with Crippen LogP contribution in [0.2, 0.25) is 0 Å². The Kier molecular flexibility index (Phi) is 11.2. The molecule has 4 aromatic carbocycles. The fraction of sp³-hybridized carbons (Fsp3) is 0.278. The van der Waals surface area contributed by atoms with Crippen LogP contribution >= 0.6 is 15.9 Å². The van der Waals surface area contributed by atoms with Gasteiger partial charge >= 0.3 is 0 Å². The molecule has 0 saturated heterocycles. The summed E-state index contributed by atoms with van der Waals surface area (Å²) in [6.45, 7) is -0.522. The number of sulfonamides is 1. The van der Waals surface area contributed by atoms with Gasteiger partial charge in [-0.3, -0.25) is 13.9 Å². The van der Waals surface area contributed by atoms with Gasteiger partial charge in [-0.2, -0.15) is 0 Å². The Morgan fingerprint density at radius 1 is 0.804 bits per heavy atom. The lowest BCUT2D eigenvalue weighted by molar-refractivity contribution is -0.140. The highest BCUT2D eigenvalue weighted by atomic mass is 79.9. The van der Waals surface area contributed by atoms with Crippen molar-refractivity contribution in [2.45, 2.75) is 62.0 Å². The van der Waals surface area contributed by atoms with Crippen molar-refractivity contribution in [3.05, 3.63) is 131 Å². The van der Waals surface area contributed by atoms with E-state index in [1.54, 1.807) is 18.2 Å². The summed E-state index contributed by atoms with van der Waals surface area (Å²) in [6.07, 6.45) is 5.17. The number of benzene rings is 4. The number of hydrogen-bond acceptors (Lipinski definition) is 4. The third-order valence-corrected chi connectivity index (χ3v) is 10.5. The van der Waals surface area contributed by atoms with E-state index in [0.717, 1.165) is 64.1 Å². The number of amides is 2. The summed E-state index contributed by atoms with van der Waals surface area (Å²) >= 11 is 3.46. The molecular formula is C36H37BrFN3O4S. The van der Waals surface area contributed by atoms with Crippen LogP contribution in [0.25, 0.3) is 0 Å². The number of anilines is 1. The Morgan fingerprint density at radius 3 is 2.04 bits per heavy atom. The van der Waals surface area contributed by atoms with Crippen LogP contribution in [0.4, 0.5) is 10.1 Å². The van der Waals surface area contributed by atoms with E-state index in [0.29, 0.717) is 0 Å². The lowest BCUT2D eigenvalue weighted by atomic mass is 9.94. The molecule has 1 aliphatic carbocycles. The fourth-order valence-corrected chi connectivity index (χ4v) is 7.44. The zero-order valence-electron chi connectivity index (χ0n) is 25.4. The predicted molar refractivity (Wildman–Crippen MR) is 181 cm³/mol. The molecule has 0 spiro atoms. The summed E-state index contributed by atoms with van der Waals surface area (Å²) in [7, 11) is -4.24. The zero-order valence-corrected chi connectivity index (χ0v) is 27.8. The van der Waals surface area contributed by atoms with Gasteiger partial charge in [0.15, 0.2) is 0 Å². The first-order valence-corrected chi connectivity index (χ1v) is 17.7. The highest BCUT2D eigenvalue weighted by Gasteiger charge is 2.35. The Labute approximate surface area is 278 Å². The molecule has 46 heavy (non-hydrogen) atoms. The molecule has 10 heteroatoms. The van der Waals surface area contributed by atoms with E-state index in [2.05, 4.69) is 21.2 Å². The fourth-order valence-electron chi connectivity index (χ4n) is 5.74. The Balaban J connectivity index is 1.55. The SMILES string of the molecule is O=C(NC1CCCCC1)[C@H](Cc1ccccc1)N(Cc1ccc(Br)cc1)C(=O)CN(c1ccc(F)cc1)S(=O)(=O)c1ccccc1. The van der Waals surface area contributed by atoms with Crippen LogP contribution in [0, 0.1) is 5.82 Å². The van der Waals surface area contributed by atoms with Crippen LogP contribution in [0.5, 0.6) is 0 Å². The van der Waals surface area contributed by atoms with Crippen molar-refractivity contribution in [2.75, 3.05) is 10.8 Å². The Morgan fingerprint density at radius 2 is 1.41 bits per heavy atom. The van der Waals surface area contributed by atoms with E-state index in [1.165, 1.54) is 29.2 Å². The molecule has 0 heterocycles. The molecule has 0 aliphatic heterocycles. The largest absolute Gasteiger partial charge is 0.352 e. The molecule has 1 fully saturated rings. The summed E-state index contributed by atoms with van der Waals surface area (Å²) in [5, 5.41) is 3.20. The van der Waals surface area contributed by atoms with E-state index in [1.807, 2.05) is 54.6 Å². The minimum absolute atomic E-state index is 0.0116. The first-order valence-electron chi connectivity index (χ1n) is 15.4. The van der Waals surface area contributed by atoms with Crippen molar-refractivity contribution in [3.63, 3.8) is 0 Å². The number of carbonyl (C=O) groups is 2. The normalized spacial score (nSPS) is 14.3. The van der Waals surface area contributed by atoms with Gasteiger partial charge < -0.3 is 10.2 Å². The number of halogens is 2. The molecule has 1 saturated carbocycles. The molecule has 7 nitrogen and oxygen atoms in total. The second kappa shape index (κ2) is 15.5. The molecule has 5 rings (SSSR count). The lowest BCUT2D eigenvalue weighted by Gasteiger charge is -2.35. The van der Waals surface area contributed by atoms with Gasteiger partial charge in [0.1, 0.15) is 18.4 Å². The maximum absolute atomic E-state index is 14.5. The number of rotatable bonds is 12. The van der Waals surface area contributed by atoms with Gasteiger partial charge in [-0.15, -0.1) is 0 Å². The first kappa shape index (κ1) is 33.3. The van der Waals surface area contributed by atoms with Crippen LogP contribution in [-0.4, -0.2) is 43.8 Å². The van der Waals surface area contributed by atoms with Crippen LogP contribution in [0.1, 0.15) is 43.2 Å². The molecular weight excluding hydrogens is 669 g/mol. The lowest BCUT2D eigenvalue weighted by Crippen LogP contribution is -2.55. The van der Waals surface area contributed by atoms with Gasteiger partial charge in [0.25, 0.3) is 10.0 Å². The molecule has 0 unspecified atom stereocenters. The molecule has 1 aliphatic rings.